The number of allylic oxidation sites excluding steroid dienone is 1. The van der Waals surface area contributed by atoms with Gasteiger partial charge in [0.15, 0.2) is 0 Å². The van der Waals surface area contributed by atoms with Crippen molar-refractivity contribution < 1.29 is 8.83 Å². The van der Waals surface area contributed by atoms with Crippen LogP contribution in [0.3, 0.4) is 0 Å². The molecule has 0 saturated heterocycles. The predicted octanol–water partition coefficient (Wildman–Crippen LogP) is 14.8. The summed E-state index contributed by atoms with van der Waals surface area (Å²) >= 11 is 0. The van der Waals surface area contributed by atoms with E-state index >= 15 is 0 Å². The van der Waals surface area contributed by atoms with Gasteiger partial charge in [-0.15, -0.1) is 0 Å². The summed E-state index contributed by atoms with van der Waals surface area (Å²) in [4.78, 5) is 2.36. The summed E-state index contributed by atoms with van der Waals surface area (Å²) in [5.74, 6) is 0. The molecule has 10 aromatic rings. The lowest BCUT2D eigenvalue weighted by Gasteiger charge is -2.28. The lowest BCUT2D eigenvalue weighted by Crippen LogP contribution is -2.11. The Labute approximate surface area is 307 Å². The van der Waals surface area contributed by atoms with Crippen molar-refractivity contribution in [1.29, 1.82) is 0 Å². The molecule has 0 atom stereocenters. The standard InChI is InChI=1S/C50H35NO2/c1-3-12-38-32(2)13-10-20-39(38)34-15-11-16-36(29-34)51(37-25-27-43-42-19-7-9-22-47(42)52-49(43)31-37)46-21-8-6-17-40(46)35-24-28-48-45(30-35)44-26-23-33-14-4-5-18-41(33)50(44)53-48/h3-31H,1-2H3/b12-3-. The van der Waals surface area contributed by atoms with Gasteiger partial charge in [0.2, 0.25) is 0 Å². The van der Waals surface area contributed by atoms with E-state index in [0.717, 1.165) is 83.0 Å². The van der Waals surface area contributed by atoms with Crippen LogP contribution in [0.5, 0.6) is 0 Å². The van der Waals surface area contributed by atoms with Crippen LogP contribution in [0.2, 0.25) is 0 Å². The van der Waals surface area contributed by atoms with Crippen molar-refractivity contribution in [2.24, 2.45) is 0 Å². The summed E-state index contributed by atoms with van der Waals surface area (Å²) in [6.07, 6.45) is 4.32. The lowest BCUT2D eigenvalue weighted by atomic mass is 9.95. The van der Waals surface area contributed by atoms with Crippen molar-refractivity contribution >= 4 is 77.8 Å². The molecular weight excluding hydrogens is 647 g/mol. The molecule has 0 N–H and O–H groups in total. The maximum Gasteiger partial charge on any atom is 0.143 e. The van der Waals surface area contributed by atoms with Crippen LogP contribution in [0, 0.1) is 6.92 Å². The molecule has 0 aliphatic rings. The molecule has 8 aromatic carbocycles. The highest BCUT2D eigenvalue weighted by Gasteiger charge is 2.21. The molecule has 2 aromatic heterocycles. The summed E-state index contributed by atoms with van der Waals surface area (Å²) < 4.78 is 12.9. The number of nitrogens with zero attached hydrogens (tertiary/aromatic N) is 1. The monoisotopic (exact) mass is 681 g/mol. The van der Waals surface area contributed by atoms with Crippen molar-refractivity contribution in [2.45, 2.75) is 13.8 Å². The Kier molecular flexibility index (Phi) is 7.26. The van der Waals surface area contributed by atoms with Crippen molar-refractivity contribution in [3.8, 4) is 22.3 Å². The Balaban J connectivity index is 1.19. The number of aryl methyl sites for hydroxylation is 1. The quantitative estimate of drug-likeness (QED) is 0.175. The first-order valence-electron chi connectivity index (χ1n) is 18.1. The summed E-state index contributed by atoms with van der Waals surface area (Å²) in [7, 11) is 0. The number of para-hydroxylation sites is 2. The van der Waals surface area contributed by atoms with Crippen LogP contribution < -0.4 is 4.90 Å². The Bertz CT molecular complexity index is 3050. The Morgan fingerprint density at radius 3 is 2.11 bits per heavy atom. The number of furan rings is 2. The number of hydrogen-bond acceptors (Lipinski definition) is 3. The van der Waals surface area contributed by atoms with Gasteiger partial charge in [0.1, 0.15) is 22.3 Å². The van der Waals surface area contributed by atoms with Crippen LogP contribution in [-0.2, 0) is 0 Å². The highest BCUT2D eigenvalue weighted by atomic mass is 16.3. The maximum absolute atomic E-state index is 6.50. The third kappa shape index (κ3) is 5.12. The normalized spacial score (nSPS) is 11.9. The average molecular weight is 682 g/mol. The van der Waals surface area contributed by atoms with E-state index in [1.165, 1.54) is 22.1 Å². The van der Waals surface area contributed by atoms with Gasteiger partial charge in [0, 0.05) is 49.9 Å². The molecule has 10 rings (SSSR count). The second kappa shape index (κ2) is 12.4. The summed E-state index contributed by atoms with van der Waals surface area (Å²) in [5, 5.41) is 6.74. The van der Waals surface area contributed by atoms with Crippen LogP contribution in [0.15, 0.2) is 179 Å². The molecule has 53 heavy (non-hydrogen) atoms. The molecule has 0 radical (unpaired) electrons. The molecular formula is C50H35NO2. The van der Waals surface area contributed by atoms with E-state index in [1.807, 2.05) is 12.1 Å². The van der Waals surface area contributed by atoms with Crippen molar-refractivity contribution in [3.63, 3.8) is 0 Å². The van der Waals surface area contributed by atoms with Gasteiger partial charge in [-0.05, 0) is 102 Å². The zero-order valence-electron chi connectivity index (χ0n) is 29.5. The molecule has 0 aliphatic heterocycles. The van der Waals surface area contributed by atoms with Gasteiger partial charge in [-0.25, -0.2) is 0 Å². The first-order valence-corrected chi connectivity index (χ1v) is 18.1. The first-order chi connectivity index (χ1) is 26.1. The number of benzene rings is 8. The molecule has 3 heteroatoms. The van der Waals surface area contributed by atoms with Crippen LogP contribution in [-0.4, -0.2) is 0 Å². The smallest absolute Gasteiger partial charge is 0.143 e. The minimum atomic E-state index is 0.856. The summed E-state index contributed by atoms with van der Waals surface area (Å²) in [6.45, 7) is 4.25. The molecule has 3 nitrogen and oxygen atoms in total. The molecule has 0 bridgehead atoms. The van der Waals surface area contributed by atoms with Gasteiger partial charge >= 0.3 is 0 Å². The van der Waals surface area contributed by atoms with E-state index in [0.29, 0.717) is 0 Å². The Hall–Kier alpha value is -6.84. The molecule has 252 valence electrons. The molecule has 0 amide bonds. The van der Waals surface area contributed by atoms with Crippen LogP contribution in [0.1, 0.15) is 18.1 Å². The van der Waals surface area contributed by atoms with Crippen molar-refractivity contribution in [1.82, 2.24) is 0 Å². The van der Waals surface area contributed by atoms with Gasteiger partial charge < -0.3 is 13.7 Å². The van der Waals surface area contributed by atoms with E-state index in [9.17, 15) is 0 Å². The number of fused-ring (bicyclic) bond motifs is 8. The van der Waals surface area contributed by atoms with Gasteiger partial charge in [0.25, 0.3) is 0 Å². The third-order valence-corrected chi connectivity index (χ3v) is 10.5. The fourth-order valence-corrected chi connectivity index (χ4v) is 8.00. The van der Waals surface area contributed by atoms with Crippen molar-refractivity contribution in [3.05, 3.63) is 181 Å². The van der Waals surface area contributed by atoms with Gasteiger partial charge in [0.05, 0.1) is 5.69 Å². The van der Waals surface area contributed by atoms with Gasteiger partial charge in [-0.3, -0.25) is 0 Å². The topological polar surface area (TPSA) is 29.5 Å². The second-order valence-electron chi connectivity index (χ2n) is 13.7. The lowest BCUT2D eigenvalue weighted by molar-refractivity contribution is 0.669. The molecule has 0 saturated carbocycles. The zero-order valence-corrected chi connectivity index (χ0v) is 29.5. The highest BCUT2D eigenvalue weighted by Crippen LogP contribution is 2.45. The van der Waals surface area contributed by atoms with Gasteiger partial charge in [-0.2, -0.15) is 0 Å². The fourth-order valence-electron chi connectivity index (χ4n) is 8.00. The Morgan fingerprint density at radius 2 is 1.19 bits per heavy atom. The van der Waals surface area contributed by atoms with Crippen LogP contribution in [0.25, 0.3) is 83.0 Å². The molecule has 0 fully saturated rings. The van der Waals surface area contributed by atoms with Gasteiger partial charge in [-0.1, -0.05) is 115 Å². The minimum Gasteiger partial charge on any atom is -0.456 e. The number of hydrogen-bond donors (Lipinski definition) is 0. The third-order valence-electron chi connectivity index (χ3n) is 10.5. The zero-order chi connectivity index (χ0) is 35.5. The minimum absolute atomic E-state index is 0.856. The summed E-state index contributed by atoms with van der Waals surface area (Å²) in [5.41, 5.74) is 13.8. The summed E-state index contributed by atoms with van der Waals surface area (Å²) in [6, 6.07) is 58.3. The van der Waals surface area contributed by atoms with E-state index in [-0.39, 0.29) is 0 Å². The van der Waals surface area contributed by atoms with E-state index < -0.39 is 0 Å². The largest absolute Gasteiger partial charge is 0.456 e. The number of anilines is 3. The van der Waals surface area contributed by atoms with E-state index in [2.05, 4.69) is 183 Å². The maximum atomic E-state index is 6.50. The van der Waals surface area contributed by atoms with E-state index in [4.69, 9.17) is 8.83 Å². The molecule has 2 heterocycles. The number of rotatable bonds is 6. The van der Waals surface area contributed by atoms with Crippen LogP contribution >= 0.6 is 0 Å². The molecule has 0 aliphatic carbocycles. The van der Waals surface area contributed by atoms with Crippen LogP contribution in [0.4, 0.5) is 17.1 Å². The predicted molar refractivity (Wildman–Crippen MR) is 224 cm³/mol. The highest BCUT2D eigenvalue weighted by molar-refractivity contribution is 6.16. The first kappa shape index (κ1) is 30.9. The molecule has 0 unspecified atom stereocenters. The second-order valence-corrected chi connectivity index (χ2v) is 13.7. The van der Waals surface area contributed by atoms with E-state index in [1.54, 1.807) is 0 Å². The molecule has 0 spiro atoms. The SMILES string of the molecule is C/C=C\c1c(C)cccc1-c1cccc(N(c2ccc3c(c2)oc2ccccc23)c2ccccc2-c2ccc3oc4c5ccccc5ccc4c3c2)c1. The van der Waals surface area contributed by atoms with Crippen molar-refractivity contribution in [2.75, 3.05) is 4.90 Å². The Morgan fingerprint density at radius 1 is 0.472 bits per heavy atom. The fraction of sp³-hybridized carbons (Fsp3) is 0.0400. The average Bonchev–Trinajstić information content (AvgIpc) is 3.77.